The van der Waals surface area contributed by atoms with Crippen LogP contribution in [0.3, 0.4) is 0 Å². The molecule has 0 atom stereocenters. The summed E-state index contributed by atoms with van der Waals surface area (Å²) in [6.07, 6.45) is 3.76. The number of amides is 1. The van der Waals surface area contributed by atoms with Crippen LogP contribution in [0, 0.1) is 0 Å². The van der Waals surface area contributed by atoms with Crippen molar-refractivity contribution in [1.29, 1.82) is 0 Å². The Balaban J connectivity index is 1.79. The number of carbonyl (C=O) groups is 1. The molecule has 0 spiro atoms. The SMILES string of the molecule is O=C(CCc1ccccc1)N1CCCCNCC1. The van der Waals surface area contributed by atoms with Gasteiger partial charge in [-0.25, -0.2) is 0 Å². The lowest BCUT2D eigenvalue weighted by Gasteiger charge is -2.25. The molecule has 18 heavy (non-hydrogen) atoms. The number of carbonyl (C=O) groups excluding carboxylic acids is 1. The first-order valence-corrected chi connectivity index (χ1v) is 6.89. The molecule has 1 heterocycles. The maximum Gasteiger partial charge on any atom is 0.222 e. The highest BCUT2D eigenvalue weighted by Crippen LogP contribution is 2.06. The van der Waals surface area contributed by atoms with Crippen LogP contribution < -0.4 is 5.32 Å². The average Bonchev–Trinajstić information content (AvgIpc) is 2.37. The van der Waals surface area contributed by atoms with Crippen LogP contribution in [0.2, 0.25) is 0 Å². The second kappa shape index (κ2) is 7.17. The Hall–Kier alpha value is -1.35. The van der Waals surface area contributed by atoms with Gasteiger partial charge in [-0.15, -0.1) is 0 Å². The molecule has 2 rings (SSSR count). The van der Waals surface area contributed by atoms with E-state index in [1.807, 2.05) is 23.1 Å². The molecule has 0 radical (unpaired) electrons. The van der Waals surface area contributed by atoms with E-state index in [0.717, 1.165) is 39.0 Å². The summed E-state index contributed by atoms with van der Waals surface area (Å²) in [5.41, 5.74) is 1.25. The molecule has 1 aromatic carbocycles. The van der Waals surface area contributed by atoms with Gasteiger partial charge in [0.2, 0.25) is 5.91 Å². The predicted molar refractivity (Wildman–Crippen MR) is 73.4 cm³/mol. The van der Waals surface area contributed by atoms with Crippen molar-refractivity contribution in [2.24, 2.45) is 0 Å². The Morgan fingerprint density at radius 2 is 1.94 bits per heavy atom. The summed E-state index contributed by atoms with van der Waals surface area (Å²) in [5, 5.41) is 3.35. The molecule has 0 bridgehead atoms. The Kier molecular flexibility index (Phi) is 5.21. The number of nitrogens with zero attached hydrogens (tertiary/aromatic N) is 1. The lowest BCUT2D eigenvalue weighted by molar-refractivity contribution is -0.131. The maximum atomic E-state index is 12.1. The largest absolute Gasteiger partial charge is 0.341 e. The van der Waals surface area contributed by atoms with Gasteiger partial charge >= 0.3 is 0 Å². The summed E-state index contributed by atoms with van der Waals surface area (Å²) in [7, 11) is 0. The topological polar surface area (TPSA) is 32.3 Å². The summed E-state index contributed by atoms with van der Waals surface area (Å²) < 4.78 is 0. The number of nitrogens with one attached hydrogen (secondary N) is 1. The van der Waals surface area contributed by atoms with Crippen molar-refractivity contribution in [2.45, 2.75) is 25.7 Å². The molecule has 3 heteroatoms. The van der Waals surface area contributed by atoms with E-state index in [9.17, 15) is 4.79 Å². The van der Waals surface area contributed by atoms with E-state index in [2.05, 4.69) is 17.4 Å². The van der Waals surface area contributed by atoms with Gasteiger partial charge in [-0.3, -0.25) is 4.79 Å². The van der Waals surface area contributed by atoms with E-state index in [0.29, 0.717) is 12.3 Å². The highest BCUT2D eigenvalue weighted by atomic mass is 16.2. The molecule has 1 fully saturated rings. The van der Waals surface area contributed by atoms with Crippen LogP contribution in [0.5, 0.6) is 0 Å². The van der Waals surface area contributed by atoms with Crippen molar-refractivity contribution in [3.05, 3.63) is 35.9 Å². The van der Waals surface area contributed by atoms with Gasteiger partial charge in [-0.1, -0.05) is 30.3 Å². The number of aryl methyl sites for hydroxylation is 1. The van der Waals surface area contributed by atoms with Gasteiger partial charge in [0.25, 0.3) is 0 Å². The van der Waals surface area contributed by atoms with Crippen LogP contribution in [0.25, 0.3) is 0 Å². The fourth-order valence-corrected chi connectivity index (χ4v) is 2.31. The number of rotatable bonds is 3. The second-order valence-electron chi connectivity index (χ2n) is 4.82. The zero-order valence-corrected chi connectivity index (χ0v) is 10.9. The Morgan fingerprint density at radius 3 is 2.78 bits per heavy atom. The Bertz CT molecular complexity index is 356. The lowest BCUT2D eigenvalue weighted by atomic mass is 10.1. The minimum Gasteiger partial charge on any atom is -0.341 e. The van der Waals surface area contributed by atoms with E-state index in [1.54, 1.807) is 0 Å². The molecule has 1 aromatic rings. The zero-order valence-electron chi connectivity index (χ0n) is 10.9. The van der Waals surface area contributed by atoms with Crippen molar-refractivity contribution in [2.75, 3.05) is 26.2 Å². The molecule has 1 saturated heterocycles. The first kappa shape index (κ1) is 13.1. The summed E-state index contributed by atoms with van der Waals surface area (Å²) in [6, 6.07) is 10.2. The van der Waals surface area contributed by atoms with Crippen LogP contribution in [0.1, 0.15) is 24.8 Å². The van der Waals surface area contributed by atoms with Crippen LogP contribution in [-0.2, 0) is 11.2 Å². The summed E-state index contributed by atoms with van der Waals surface area (Å²) in [5.74, 6) is 0.294. The lowest BCUT2D eigenvalue weighted by Crippen LogP contribution is -2.40. The van der Waals surface area contributed by atoms with Crippen molar-refractivity contribution in [3.8, 4) is 0 Å². The Labute approximate surface area is 109 Å². The average molecular weight is 246 g/mol. The molecule has 98 valence electrons. The van der Waals surface area contributed by atoms with E-state index in [4.69, 9.17) is 0 Å². The fraction of sp³-hybridized carbons (Fsp3) is 0.533. The molecule has 1 aliphatic rings. The highest BCUT2D eigenvalue weighted by Gasteiger charge is 2.13. The molecule has 1 amide bonds. The molecule has 1 aliphatic heterocycles. The first-order chi connectivity index (χ1) is 8.86. The van der Waals surface area contributed by atoms with Crippen molar-refractivity contribution < 1.29 is 4.79 Å². The predicted octanol–water partition coefficient (Wildman–Crippen LogP) is 1.83. The molecule has 3 nitrogen and oxygen atoms in total. The molecule has 0 aliphatic carbocycles. The second-order valence-corrected chi connectivity index (χ2v) is 4.82. The standard InChI is InChI=1S/C15H22N2O/c18-15(9-8-14-6-2-1-3-7-14)17-12-5-4-10-16-11-13-17/h1-3,6-7,16H,4-5,8-13H2. The third kappa shape index (κ3) is 4.15. The molecule has 1 N–H and O–H groups in total. The molecule has 0 aromatic heterocycles. The highest BCUT2D eigenvalue weighted by molar-refractivity contribution is 5.76. The fourth-order valence-electron chi connectivity index (χ4n) is 2.31. The van der Waals surface area contributed by atoms with Crippen LogP contribution in [0.15, 0.2) is 30.3 Å². The van der Waals surface area contributed by atoms with Gasteiger partial charge in [0.15, 0.2) is 0 Å². The minimum atomic E-state index is 0.294. The van der Waals surface area contributed by atoms with Gasteiger partial charge in [0.05, 0.1) is 0 Å². The first-order valence-electron chi connectivity index (χ1n) is 6.89. The molecular weight excluding hydrogens is 224 g/mol. The van der Waals surface area contributed by atoms with Crippen molar-refractivity contribution in [3.63, 3.8) is 0 Å². The molecule has 0 saturated carbocycles. The van der Waals surface area contributed by atoms with Gasteiger partial charge < -0.3 is 10.2 Å². The third-order valence-electron chi connectivity index (χ3n) is 3.41. The number of hydrogen-bond acceptors (Lipinski definition) is 2. The van der Waals surface area contributed by atoms with Crippen molar-refractivity contribution >= 4 is 5.91 Å². The third-order valence-corrected chi connectivity index (χ3v) is 3.41. The number of benzene rings is 1. The van der Waals surface area contributed by atoms with Gasteiger partial charge in [0.1, 0.15) is 0 Å². The summed E-state index contributed by atoms with van der Waals surface area (Å²) in [6.45, 7) is 3.80. The van der Waals surface area contributed by atoms with E-state index < -0.39 is 0 Å². The molecular formula is C15H22N2O. The zero-order chi connectivity index (χ0) is 12.6. The smallest absolute Gasteiger partial charge is 0.222 e. The number of hydrogen-bond donors (Lipinski definition) is 1. The normalized spacial score (nSPS) is 17.0. The van der Waals surface area contributed by atoms with E-state index in [-0.39, 0.29) is 0 Å². The van der Waals surface area contributed by atoms with Gasteiger partial charge in [0, 0.05) is 26.1 Å². The maximum absolute atomic E-state index is 12.1. The summed E-state index contributed by atoms with van der Waals surface area (Å²) in [4.78, 5) is 14.1. The van der Waals surface area contributed by atoms with Gasteiger partial charge in [-0.05, 0) is 31.4 Å². The quantitative estimate of drug-likeness (QED) is 0.882. The monoisotopic (exact) mass is 246 g/mol. The van der Waals surface area contributed by atoms with Crippen molar-refractivity contribution in [1.82, 2.24) is 10.2 Å². The van der Waals surface area contributed by atoms with Crippen LogP contribution in [-0.4, -0.2) is 37.0 Å². The van der Waals surface area contributed by atoms with Crippen LogP contribution >= 0.6 is 0 Å². The molecule has 0 unspecified atom stereocenters. The van der Waals surface area contributed by atoms with E-state index >= 15 is 0 Å². The van der Waals surface area contributed by atoms with Gasteiger partial charge in [-0.2, -0.15) is 0 Å². The summed E-state index contributed by atoms with van der Waals surface area (Å²) >= 11 is 0. The minimum absolute atomic E-state index is 0.294. The Morgan fingerprint density at radius 1 is 1.11 bits per heavy atom. The van der Waals surface area contributed by atoms with Crippen LogP contribution in [0.4, 0.5) is 0 Å². The van der Waals surface area contributed by atoms with E-state index in [1.165, 1.54) is 12.0 Å².